The molecule has 2 atom stereocenters. The van der Waals surface area contributed by atoms with Gasteiger partial charge < -0.3 is 15.8 Å². The quantitative estimate of drug-likeness (QED) is 0.825. The highest BCUT2D eigenvalue weighted by Gasteiger charge is 2.17. The van der Waals surface area contributed by atoms with Gasteiger partial charge in [-0.2, -0.15) is 0 Å². The van der Waals surface area contributed by atoms with Crippen molar-refractivity contribution < 1.29 is 13.9 Å². The zero-order valence-corrected chi connectivity index (χ0v) is 11.5. The number of carbonyl (C=O) groups is 1. The van der Waals surface area contributed by atoms with Crippen molar-refractivity contribution in [2.24, 2.45) is 11.7 Å². The Morgan fingerprint density at radius 3 is 2.68 bits per heavy atom. The average Bonchev–Trinajstić information content (AvgIpc) is 2.34. The standard InChI is InChI=1S/C14H21FN2O2/c1-9(2)13(16)14(18)17-8-10(3)19-12-6-4-5-11(15)7-12/h4-7,9-10,13H,8,16H2,1-3H3,(H,17,18)/t10?,13-/m0/s1. The van der Waals surface area contributed by atoms with Gasteiger partial charge in [-0.05, 0) is 25.0 Å². The third kappa shape index (κ3) is 5.26. The third-order valence-corrected chi connectivity index (χ3v) is 2.72. The van der Waals surface area contributed by atoms with E-state index in [9.17, 15) is 9.18 Å². The van der Waals surface area contributed by atoms with Gasteiger partial charge >= 0.3 is 0 Å². The topological polar surface area (TPSA) is 64.4 Å². The molecule has 0 saturated carbocycles. The molecule has 0 radical (unpaired) electrons. The molecule has 0 aliphatic rings. The van der Waals surface area contributed by atoms with Crippen LogP contribution in [0.2, 0.25) is 0 Å². The lowest BCUT2D eigenvalue weighted by Crippen LogP contribution is -2.46. The van der Waals surface area contributed by atoms with E-state index in [0.717, 1.165) is 0 Å². The van der Waals surface area contributed by atoms with E-state index >= 15 is 0 Å². The summed E-state index contributed by atoms with van der Waals surface area (Å²) < 4.78 is 18.5. The lowest BCUT2D eigenvalue weighted by atomic mass is 10.1. The van der Waals surface area contributed by atoms with Crippen LogP contribution < -0.4 is 15.8 Å². The van der Waals surface area contributed by atoms with Gasteiger partial charge in [0.05, 0.1) is 12.6 Å². The number of hydrogen-bond donors (Lipinski definition) is 2. The van der Waals surface area contributed by atoms with Crippen LogP contribution in [-0.4, -0.2) is 24.6 Å². The molecule has 1 aromatic rings. The zero-order valence-electron chi connectivity index (χ0n) is 11.5. The summed E-state index contributed by atoms with van der Waals surface area (Å²) in [5.74, 6) is -0.0328. The minimum Gasteiger partial charge on any atom is -0.489 e. The number of rotatable bonds is 6. The van der Waals surface area contributed by atoms with Gasteiger partial charge in [0, 0.05) is 6.07 Å². The van der Waals surface area contributed by atoms with Crippen LogP contribution in [0.15, 0.2) is 24.3 Å². The lowest BCUT2D eigenvalue weighted by Gasteiger charge is -2.19. The second-order valence-corrected chi connectivity index (χ2v) is 4.90. The maximum Gasteiger partial charge on any atom is 0.237 e. The summed E-state index contributed by atoms with van der Waals surface area (Å²) in [7, 11) is 0. The maximum atomic E-state index is 13.0. The van der Waals surface area contributed by atoms with Gasteiger partial charge in [-0.15, -0.1) is 0 Å². The van der Waals surface area contributed by atoms with Crippen molar-refractivity contribution in [1.82, 2.24) is 5.32 Å². The molecule has 19 heavy (non-hydrogen) atoms. The summed E-state index contributed by atoms with van der Waals surface area (Å²) in [5, 5.41) is 2.72. The Hall–Kier alpha value is -1.62. The molecule has 0 aliphatic heterocycles. The summed E-state index contributed by atoms with van der Waals surface area (Å²) in [5.41, 5.74) is 5.72. The van der Waals surface area contributed by atoms with Crippen LogP contribution in [0.5, 0.6) is 5.75 Å². The Kier molecular flexibility index (Phi) is 5.76. The first-order valence-electron chi connectivity index (χ1n) is 6.35. The second-order valence-electron chi connectivity index (χ2n) is 4.90. The molecule has 106 valence electrons. The van der Waals surface area contributed by atoms with Gasteiger partial charge in [0.2, 0.25) is 5.91 Å². The van der Waals surface area contributed by atoms with E-state index in [4.69, 9.17) is 10.5 Å². The first-order chi connectivity index (χ1) is 8.90. The van der Waals surface area contributed by atoms with Crippen molar-refractivity contribution in [2.75, 3.05) is 6.54 Å². The number of benzene rings is 1. The van der Waals surface area contributed by atoms with Crippen molar-refractivity contribution in [1.29, 1.82) is 0 Å². The van der Waals surface area contributed by atoms with Crippen LogP contribution in [0.3, 0.4) is 0 Å². The van der Waals surface area contributed by atoms with Gasteiger partial charge in [0.1, 0.15) is 17.7 Å². The van der Waals surface area contributed by atoms with Crippen molar-refractivity contribution >= 4 is 5.91 Å². The Morgan fingerprint density at radius 1 is 1.42 bits per heavy atom. The molecule has 0 bridgehead atoms. The van der Waals surface area contributed by atoms with Gasteiger partial charge in [0.25, 0.3) is 0 Å². The maximum absolute atomic E-state index is 13.0. The van der Waals surface area contributed by atoms with Gasteiger partial charge in [-0.3, -0.25) is 4.79 Å². The number of ether oxygens (including phenoxy) is 1. The number of hydrogen-bond acceptors (Lipinski definition) is 3. The average molecular weight is 268 g/mol. The van der Waals surface area contributed by atoms with Crippen molar-refractivity contribution in [3.63, 3.8) is 0 Å². The molecule has 0 saturated heterocycles. The largest absolute Gasteiger partial charge is 0.489 e. The van der Waals surface area contributed by atoms with Crippen molar-refractivity contribution in [3.05, 3.63) is 30.1 Å². The molecule has 0 fully saturated rings. The monoisotopic (exact) mass is 268 g/mol. The summed E-state index contributed by atoms with van der Waals surface area (Å²) in [4.78, 5) is 11.6. The van der Waals surface area contributed by atoms with E-state index < -0.39 is 6.04 Å². The van der Waals surface area contributed by atoms with E-state index in [0.29, 0.717) is 12.3 Å². The molecule has 1 aromatic carbocycles. The number of nitrogens with one attached hydrogen (secondary N) is 1. The molecule has 0 spiro atoms. The highest BCUT2D eigenvalue weighted by Crippen LogP contribution is 2.13. The first-order valence-corrected chi connectivity index (χ1v) is 6.35. The smallest absolute Gasteiger partial charge is 0.237 e. The van der Waals surface area contributed by atoms with Gasteiger partial charge in [0.15, 0.2) is 0 Å². The summed E-state index contributed by atoms with van der Waals surface area (Å²) in [6.07, 6.45) is -0.259. The molecular formula is C14H21FN2O2. The fourth-order valence-electron chi connectivity index (χ4n) is 1.48. The lowest BCUT2D eigenvalue weighted by molar-refractivity contribution is -0.123. The number of nitrogens with two attached hydrogens (primary N) is 1. The highest BCUT2D eigenvalue weighted by molar-refractivity contribution is 5.81. The number of carbonyl (C=O) groups excluding carboxylic acids is 1. The number of amides is 1. The minimum absolute atomic E-state index is 0.0828. The second kappa shape index (κ2) is 7.09. The molecule has 0 heterocycles. The van der Waals surface area contributed by atoms with Gasteiger partial charge in [-0.1, -0.05) is 19.9 Å². The van der Waals surface area contributed by atoms with E-state index in [1.54, 1.807) is 19.1 Å². The van der Waals surface area contributed by atoms with E-state index in [-0.39, 0.29) is 23.7 Å². The highest BCUT2D eigenvalue weighted by atomic mass is 19.1. The van der Waals surface area contributed by atoms with Gasteiger partial charge in [-0.25, -0.2) is 4.39 Å². The predicted molar refractivity (Wildman–Crippen MR) is 72.3 cm³/mol. The summed E-state index contributed by atoms with van der Waals surface area (Å²) >= 11 is 0. The van der Waals surface area contributed by atoms with Crippen LogP contribution in [0, 0.1) is 11.7 Å². The molecule has 3 N–H and O–H groups in total. The molecular weight excluding hydrogens is 247 g/mol. The molecule has 4 nitrogen and oxygen atoms in total. The molecule has 1 rings (SSSR count). The summed E-state index contributed by atoms with van der Waals surface area (Å²) in [6, 6.07) is 5.37. The minimum atomic E-state index is -0.527. The van der Waals surface area contributed by atoms with Crippen LogP contribution in [0.1, 0.15) is 20.8 Å². The number of halogens is 1. The van der Waals surface area contributed by atoms with Crippen molar-refractivity contribution in [3.8, 4) is 5.75 Å². The Morgan fingerprint density at radius 2 is 2.11 bits per heavy atom. The third-order valence-electron chi connectivity index (χ3n) is 2.72. The molecule has 0 aromatic heterocycles. The molecule has 1 amide bonds. The first kappa shape index (κ1) is 15.4. The van der Waals surface area contributed by atoms with Crippen LogP contribution >= 0.6 is 0 Å². The Bertz CT molecular complexity index is 424. The van der Waals surface area contributed by atoms with Crippen LogP contribution in [0.4, 0.5) is 4.39 Å². The normalized spacial score (nSPS) is 14.0. The van der Waals surface area contributed by atoms with E-state index in [2.05, 4.69) is 5.32 Å². The molecule has 0 aliphatic carbocycles. The Labute approximate surface area is 113 Å². The molecule has 1 unspecified atom stereocenters. The van der Waals surface area contributed by atoms with Crippen LogP contribution in [-0.2, 0) is 4.79 Å². The molecule has 5 heteroatoms. The van der Waals surface area contributed by atoms with E-state index in [1.807, 2.05) is 13.8 Å². The van der Waals surface area contributed by atoms with Crippen molar-refractivity contribution in [2.45, 2.75) is 32.9 Å². The van der Waals surface area contributed by atoms with Crippen LogP contribution in [0.25, 0.3) is 0 Å². The fraction of sp³-hybridized carbons (Fsp3) is 0.500. The SMILES string of the molecule is CC(CNC(=O)[C@@H](N)C(C)C)Oc1cccc(F)c1. The predicted octanol–water partition coefficient (Wildman–Crippen LogP) is 1.69. The fourth-order valence-corrected chi connectivity index (χ4v) is 1.48. The Balaban J connectivity index is 2.40. The summed E-state index contributed by atoms with van der Waals surface area (Å²) in [6.45, 7) is 5.90. The van der Waals surface area contributed by atoms with E-state index in [1.165, 1.54) is 12.1 Å². The zero-order chi connectivity index (χ0) is 14.4.